The number of sulfonamides is 1. The van der Waals surface area contributed by atoms with E-state index in [0.29, 0.717) is 31.2 Å². The lowest BCUT2D eigenvalue weighted by Crippen LogP contribution is -2.38. The summed E-state index contributed by atoms with van der Waals surface area (Å²) < 4.78 is 32.3. The number of carbonyl (C=O) groups is 1. The van der Waals surface area contributed by atoms with Crippen molar-refractivity contribution in [2.24, 2.45) is 5.92 Å². The third-order valence-electron chi connectivity index (χ3n) is 4.63. The Kier molecular flexibility index (Phi) is 6.59. The van der Waals surface area contributed by atoms with Gasteiger partial charge in [0.2, 0.25) is 10.0 Å². The molecule has 0 bridgehead atoms. The van der Waals surface area contributed by atoms with Crippen molar-refractivity contribution in [3.8, 4) is 0 Å². The van der Waals surface area contributed by atoms with E-state index < -0.39 is 10.0 Å². The first-order valence-corrected chi connectivity index (χ1v) is 10.1. The molecule has 1 aromatic carbocycles. The van der Waals surface area contributed by atoms with Gasteiger partial charge in [0.1, 0.15) is 0 Å². The lowest BCUT2D eigenvalue weighted by Gasteiger charge is -2.29. The minimum absolute atomic E-state index is 0.152. The van der Waals surface area contributed by atoms with E-state index >= 15 is 0 Å². The average Bonchev–Trinajstić information content (AvgIpc) is 2.55. The van der Waals surface area contributed by atoms with Crippen molar-refractivity contribution < 1.29 is 17.9 Å². The Morgan fingerprint density at radius 3 is 2.60 bits per heavy atom. The molecule has 2 rings (SSSR count). The lowest BCUT2D eigenvalue weighted by molar-refractivity contribution is 0.0904. The number of nitrogens with one attached hydrogen (secondary N) is 1. The molecule has 1 fully saturated rings. The molecule has 0 saturated carbocycles. The molecule has 1 saturated heterocycles. The van der Waals surface area contributed by atoms with Gasteiger partial charge in [-0.15, -0.1) is 0 Å². The Morgan fingerprint density at radius 1 is 1.36 bits per heavy atom. The van der Waals surface area contributed by atoms with Crippen molar-refractivity contribution in [2.75, 3.05) is 26.8 Å². The van der Waals surface area contributed by atoms with Crippen molar-refractivity contribution >= 4 is 15.9 Å². The number of aryl methyl sites for hydroxylation is 1. The summed E-state index contributed by atoms with van der Waals surface area (Å²) in [6.45, 7) is 7.24. The van der Waals surface area contributed by atoms with Crippen LogP contribution in [0.15, 0.2) is 23.1 Å². The van der Waals surface area contributed by atoms with Gasteiger partial charge in [0.25, 0.3) is 5.91 Å². The molecule has 1 aromatic rings. The molecule has 1 amide bonds. The number of hydrogen-bond acceptors (Lipinski definition) is 4. The molecule has 1 aliphatic heterocycles. The number of benzene rings is 1. The zero-order chi connectivity index (χ0) is 18.6. The van der Waals surface area contributed by atoms with Crippen molar-refractivity contribution in [1.29, 1.82) is 0 Å². The molecule has 1 aliphatic rings. The first kappa shape index (κ1) is 19.9. The van der Waals surface area contributed by atoms with Crippen molar-refractivity contribution in [3.05, 3.63) is 29.3 Å². The number of ether oxygens (including phenoxy) is 1. The molecule has 1 unspecified atom stereocenters. The summed E-state index contributed by atoms with van der Waals surface area (Å²) in [7, 11) is -2.00. The highest BCUT2D eigenvalue weighted by molar-refractivity contribution is 7.89. The van der Waals surface area contributed by atoms with E-state index in [-0.39, 0.29) is 16.8 Å². The third-order valence-corrected chi connectivity index (χ3v) is 6.52. The molecular weight excluding hydrogens is 340 g/mol. The standard InChI is InChI=1S/C18H28N2O4S/c1-13-7-9-20(10-8-13)25(22,23)16-6-5-14(2)17(11-16)18(21)19-15(3)12-24-4/h5-6,11,13,15H,7-10,12H2,1-4H3,(H,19,21). The van der Waals surface area contributed by atoms with Crippen LogP contribution in [0.2, 0.25) is 0 Å². The molecule has 0 radical (unpaired) electrons. The fraction of sp³-hybridized carbons (Fsp3) is 0.611. The van der Waals surface area contributed by atoms with Gasteiger partial charge >= 0.3 is 0 Å². The largest absolute Gasteiger partial charge is 0.383 e. The van der Waals surface area contributed by atoms with Gasteiger partial charge in [-0.2, -0.15) is 4.31 Å². The Bertz CT molecular complexity index is 710. The summed E-state index contributed by atoms with van der Waals surface area (Å²) >= 11 is 0. The van der Waals surface area contributed by atoms with Gasteiger partial charge in [-0.3, -0.25) is 4.79 Å². The van der Waals surface area contributed by atoms with Crippen molar-refractivity contribution in [3.63, 3.8) is 0 Å². The van der Waals surface area contributed by atoms with Crippen LogP contribution in [0.5, 0.6) is 0 Å². The van der Waals surface area contributed by atoms with E-state index in [1.165, 1.54) is 10.4 Å². The minimum Gasteiger partial charge on any atom is -0.383 e. The van der Waals surface area contributed by atoms with Gasteiger partial charge in [-0.05, 0) is 50.3 Å². The average molecular weight is 368 g/mol. The second-order valence-electron chi connectivity index (χ2n) is 6.89. The summed E-state index contributed by atoms with van der Waals surface area (Å²) in [5.41, 5.74) is 1.13. The maximum atomic E-state index is 12.9. The molecule has 6 nitrogen and oxygen atoms in total. The van der Waals surface area contributed by atoms with Crippen LogP contribution in [0.1, 0.15) is 42.6 Å². The summed E-state index contributed by atoms with van der Waals surface area (Å²) in [5.74, 6) is 0.263. The first-order valence-electron chi connectivity index (χ1n) is 8.66. The molecule has 1 atom stereocenters. The topological polar surface area (TPSA) is 75.7 Å². The van der Waals surface area contributed by atoms with Crippen molar-refractivity contribution in [1.82, 2.24) is 9.62 Å². The quantitative estimate of drug-likeness (QED) is 0.835. The smallest absolute Gasteiger partial charge is 0.251 e. The maximum absolute atomic E-state index is 12.9. The second kappa shape index (κ2) is 8.29. The molecule has 1 N–H and O–H groups in total. The van der Waals surface area contributed by atoms with Crippen LogP contribution < -0.4 is 5.32 Å². The summed E-state index contributed by atoms with van der Waals surface area (Å²) in [5, 5.41) is 2.83. The fourth-order valence-corrected chi connectivity index (χ4v) is 4.47. The van der Waals surface area contributed by atoms with Crippen LogP contribution in [-0.2, 0) is 14.8 Å². The molecular formula is C18H28N2O4S. The van der Waals surface area contributed by atoms with Gasteiger partial charge < -0.3 is 10.1 Å². The second-order valence-corrected chi connectivity index (χ2v) is 8.83. The predicted molar refractivity (Wildman–Crippen MR) is 97.1 cm³/mol. The van der Waals surface area contributed by atoms with Crippen LogP contribution in [0.4, 0.5) is 0 Å². The van der Waals surface area contributed by atoms with Crippen molar-refractivity contribution in [2.45, 2.75) is 44.6 Å². The summed E-state index contributed by atoms with van der Waals surface area (Å²) in [6.07, 6.45) is 1.74. The van der Waals surface area contributed by atoms with E-state index in [0.717, 1.165) is 18.4 Å². The van der Waals surface area contributed by atoms with E-state index in [1.807, 2.05) is 6.92 Å². The monoisotopic (exact) mass is 368 g/mol. The molecule has 7 heteroatoms. The molecule has 140 valence electrons. The normalized spacial score (nSPS) is 18.1. The van der Waals surface area contributed by atoms with Gasteiger partial charge in [0.05, 0.1) is 11.5 Å². The van der Waals surface area contributed by atoms with Crippen LogP contribution in [0.3, 0.4) is 0 Å². The molecule has 25 heavy (non-hydrogen) atoms. The van der Waals surface area contributed by atoms with E-state index in [1.54, 1.807) is 26.2 Å². The number of carbonyl (C=O) groups excluding carboxylic acids is 1. The summed E-state index contributed by atoms with van der Waals surface area (Å²) in [4.78, 5) is 12.7. The van der Waals surface area contributed by atoms with Crippen LogP contribution >= 0.6 is 0 Å². The predicted octanol–water partition coefficient (Wildman–Crippen LogP) is 2.18. The van der Waals surface area contributed by atoms with Gasteiger partial charge in [0.15, 0.2) is 0 Å². The van der Waals surface area contributed by atoms with Gasteiger partial charge in [0, 0.05) is 31.8 Å². The highest BCUT2D eigenvalue weighted by Crippen LogP contribution is 2.25. The zero-order valence-electron chi connectivity index (χ0n) is 15.4. The Morgan fingerprint density at radius 2 is 2.00 bits per heavy atom. The first-order chi connectivity index (χ1) is 11.8. The third kappa shape index (κ3) is 4.80. The minimum atomic E-state index is -3.57. The maximum Gasteiger partial charge on any atom is 0.251 e. The number of nitrogens with zero attached hydrogens (tertiary/aromatic N) is 1. The van der Waals surface area contributed by atoms with Gasteiger partial charge in [-0.1, -0.05) is 13.0 Å². The molecule has 0 spiro atoms. The number of amides is 1. The Hall–Kier alpha value is -1.44. The molecule has 0 aromatic heterocycles. The highest BCUT2D eigenvalue weighted by atomic mass is 32.2. The van der Waals surface area contributed by atoms with E-state index in [9.17, 15) is 13.2 Å². The van der Waals surface area contributed by atoms with Crippen LogP contribution in [-0.4, -0.2) is 51.5 Å². The number of hydrogen-bond donors (Lipinski definition) is 1. The van der Waals surface area contributed by atoms with E-state index in [4.69, 9.17) is 4.74 Å². The molecule has 1 heterocycles. The Balaban J connectivity index is 2.24. The fourth-order valence-electron chi connectivity index (χ4n) is 2.97. The van der Waals surface area contributed by atoms with Crippen LogP contribution in [0.25, 0.3) is 0 Å². The SMILES string of the molecule is COCC(C)NC(=O)c1cc(S(=O)(=O)N2CCC(C)CC2)ccc1C. The number of piperidine rings is 1. The zero-order valence-corrected chi connectivity index (χ0v) is 16.2. The number of methoxy groups -OCH3 is 1. The van der Waals surface area contributed by atoms with E-state index in [2.05, 4.69) is 12.2 Å². The van der Waals surface area contributed by atoms with Crippen LogP contribution in [0, 0.1) is 12.8 Å². The lowest BCUT2D eigenvalue weighted by atomic mass is 10.0. The Labute approximate surface area is 150 Å². The number of rotatable bonds is 6. The molecule has 0 aliphatic carbocycles. The highest BCUT2D eigenvalue weighted by Gasteiger charge is 2.29. The van der Waals surface area contributed by atoms with Gasteiger partial charge in [-0.25, -0.2) is 8.42 Å². The summed E-state index contributed by atoms with van der Waals surface area (Å²) in [6, 6.07) is 4.60.